The van der Waals surface area contributed by atoms with Crippen LogP contribution in [-0.2, 0) is 0 Å². The van der Waals surface area contributed by atoms with Gasteiger partial charge in [0.2, 0.25) is 0 Å². The van der Waals surface area contributed by atoms with E-state index in [0.717, 1.165) is 0 Å². The maximum absolute atomic E-state index is 14.2. The van der Waals surface area contributed by atoms with E-state index in [1.54, 1.807) is 29.2 Å². The molecule has 11 heteroatoms. The summed E-state index contributed by atoms with van der Waals surface area (Å²) in [6, 6.07) is 6.66. The van der Waals surface area contributed by atoms with Gasteiger partial charge in [-0.25, -0.2) is 17.6 Å². The fourth-order valence-electron chi connectivity index (χ4n) is 3.24. The van der Waals surface area contributed by atoms with Gasteiger partial charge in [0.1, 0.15) is 16.5 Å². The molecule has 1 aliphatic rings. The first kappa shape index (κ1) is 25.0. The molecule has 33 heavy (non-hydrogen) atoms. The zero-order chi connectivity index (χ0) is 24.3. The van der Waals surface area contributed by atoms with Crippen LogP contribution in [0.1, 0.15) is 24.2 Å². The fourth-order valence-corrected chi connectivity index (χ4v) is 3.68. The van der Waals surface area contributed by atoms with Crippen molar-refractivity contribution in [2.45, 2.75) is 13.8 Å². The van der Waals surface area contributed by atoms with E-state index >= 15 is 0 Å². The molecule has 0 unspecified atom stereocenters. The molecule has 1 aliphatic heterocycles. The number of benzene rings is 2. The Morgan fingerprint density at radius 2 is 1.70 bits per heavy atom. The maximum Gasteiger partial charge on any atom is 0.257 e. The summed E-state index contributed by atoms with van der Waals surface area (Å²) >= 11 is 10.6. The number of carbonyl (C=O) groups is 1. The minimum Gasteiger partial charge on any atom is -0.493 e. The molecular formula is C22H22ClF4N3O2S. The van der Waals surface area contributed by atoms with Crippen LogP contribution in [-0.4, -0.2) is 48.7 Å². The predicted molar refractivity (Wildman–Crippen MR) is 122 cm³/mol. The molecule has 0 radical (unpaired) electrons. The lowest BCUT2D eigenvalue weighted by Gasteiger charge is -2.37. The molecule has 1 heterocycles. The van der Waals surface area contributed by atoms with Crippen LogP contribution < -0.4 is 15.0 Å². The molecule has 1 N–H and O–H groups in total. The second-order valence-corrected chi connectivity index (χ2v) is 8.65. The molecule has 2 aromatic rings. The van der Waals surface area contributed by atoms with Gasteiger partial charge in [0.15, 0.2) is 28.4 Å². The summed E-state index contributed by atoms with van der Waals surface area (Å²) in [5.41, 5.74) is -0.462. The van der Waals surface area contributed by atoms with Crippen LogP contribution in [0.3, 0.4) is 0 Å². The van der Waals surface area contributed by atoms with Gasteiger partial charge in [-0.1, -0.05) is 31.5 Å². The summed E-state index contributed by atoms with van der Waals surface area (Å²) < 4.78 is 61.6. The van der Waals surface area contributed by atoms with Crippen molar-refractivity contribution >= 4 is 40.5 Å². The number of carbonyl (C=O) groups excluding carboxylic acids is 1. The monoisotopic (exact) mass is 503 g/mol. The van der Waals surface area contributed by atoms with Gasteiger partial charge in [-0.3, -0.25) is 10.1 Å². The number of hydrogen-bond acceptors (Lipinski definition) is 4. The number of thiocarbonyl (C=S) groups is 1. The molecule has 0 atom stereocenters. The topological polar surface area (TPSA) is 44.8 Å². The van der Waals surface area contributed by atoms with Crippen molar-refractivity contribution in [3.05, 3.63) is 58.1 Å². The van der Waals surface area contributed by atoms with E-state index in [1.165, 1.54) is 4.90 Å². The molecule has 1 fully saturated rings. The average molecular weight is 504 g/mol. The van der Waals surface area contributed by atoms with Crippen LogP contribution in [0.15, 0.2) is 24.3 Å². The predicted octanol–water partition coefficient (Wildman–Crippen LogP) is 4.77. The highest BCUT2D eigenvalue weighted by Gasteiger charge is 2.30. The number of anilines is 1. The number of amides is 1. The van der Waals surface area contributed by atoms with Gasteiger partial charge < -0.3 is 14.5 Å². The van der Waals surface area contributed by atoms with Crippen LogP contribution in [0.2, 0.25) is 5.02 Å². The van der Waals surface area contributed by atoms with Crippen molar-refractivity contribution in [2.75, 3.05) is 37.7 Å². The lowest BCUT2D eigenvalue weighted by atomic mass is 10.2. The zero-order valence-corrected chi connectivity index (χ0v) is 19.5. The Bertz CT molecular complexity index is 1030. The van der Waals surface area contributed by atoms with Gasteiger partial charge in [-0.2, -0.15) is 0 Å². The Morgan fingerprint density at radius 3 is 2.27 bits per heavy atom. The Kier molecular flexibility index (Phi) is 8.01. The van der Waals surface area contributed by atoms with E-state index in [0.29, 0.717) is 23.8 Å². The largest absolute Gasteiger partial charge is 0.493 e. The SMILES string of the molecule is CC(C)COc1cccc(C(=O)NC(=S)N2CCN(c3c(F)c(F)c(Cl)c(F)c3F)CC2)c1. The summed E-state index contributed by atoms with van der Waals surface area (Å²) in [7, 11) is 0. The van der Waals surface area contributed by atoms with Crippen LogP contribution >= 0.6 is 23.8 Å². The molecule has 2 aromatic carbocycles. The van der Waals surface area contributed by atoms with E-state index in [4.69, 9.17) is 28.6 Å². The third-order valence-electron chi connectivity index (χ3n) is 4.97. The van der Waals surface area contributed by atoms with Crippen molar-refractivity contribution in [2.24, 2.45) is 5.92 Å². The van der Waals surface area contributed by atoms with Crippen LogP contribution in [0.25, 0.3) is 0 Å². The number of nitrogens with zero attached hydrogens (tertiary/aromatic N) is 2. The molecule has 5 nitrogen and oxygen atoms in total. The van der Waals surface area contributed by atoms with Crippen molar-refractivity contribution in [1.82, 2.24) is 10.2 Å². The summed E-state index contributed by atoms with van der Waals surface area (Å²) in [5.74, 6) is -5.94. The smallest absolute Gasteiger partial charge is 0.257 e. The van der Waals surface area contributed by atoms with E-state index in [1.807, 2.05) is 13.8 Å². The maximum atomic E-state index is 14.2. The summed E-state index contributed by atoms with van der Waals surface area (Å²) in [5, 5.41) is 1.52. The minimum absolute atomic E-state index is 0.0168. The first-order chi connectivity index (χ1) is 15.6. The second kappa shape index (κ2) is 10.6. The molecule has 0 aromatic heterocycles. The van der Waals surface area contributed by atoms with Gasteiger partial charge >= 0.3 is 0 Å². The van der Waals surface area contributed by atoms with E-state index in [2.05, 4.69) is 5.32 Å². The number of halogens is 5. The van der Waals surface area contributed by atoms with Gasteiger partial charge in [-0.05, 0) is 36.3 Å². The fraction of sp³-hybridized carbons (Fsp3) is 0.364. The van der Waals surface area contributed by atoms with Gasteiger partial charge in [0.05, 0.1) is 6.61 Å². The van der Waals surface area contributed by atoms with E-state index in [9.17, 15) is 22.4 Å². The molecule has 3 rings (SSSR count). The standard InChI is InChI=1S/C22H22ClF4N3O2S/c1-12(2)11-32-14-5-3-4-13(10-14)21(31)28-22(33)30-8-6-29(7-9-30)20-18(26)16(24)15(23)17(25)19(20)27/h3-5,10,12H,6-9,11H2,1-2H3,(H,28,31,33). The Morgan fingerprint density at radius 1 is 1.09 bits per heavy atom. The van der Waals surface area contributed by atoms with Crippen LogP contribution in [0.5, 0.6) is 5.75 Å². The molecule has 0 bridgehead atoms. The lowest BCUT2D eigenvalue weighted by Crippen LogP contribution is -2.53. The first-order valence-corrected chi connectivity index (χ1v) is 11.0. The molecule has 1 amide bonds. The number of piperazine rings is 1. The number of hydrogen-bond donors (Lipinski definition) is 1. The Labute approximate surface area is 199 Å². The third kappa shape index (κ3) is 5.67. The molecule has 1 saturated heterocycles. The van der Waals surface area contributed by atoms with E-state index < -0.39 is 39.9 Å². The highest BCUT2D eigenvalue weighted by atomic mass is 35.5. The van der Waals surface area contributed by atoms with Crippen molar-refractivity contribution in [3.8, 4) is 5.75 Å². The molecular weight excluding hydrogens is 482 g/mol. The lowest BCUT2D eigenvalue weighted by molar-refractivity contribution is 0.0972. The van der Waals surface area contributed by atoms with Crippen LogP contribution in [0, 0.1) is 29.2 Å². The number of nitrogens with one attached hydrogen (secondary N) is 1. The van der Waals surface area contributed by atoms with Gasteiger partial charge in [0.25, 0.3) is 5.91 Å². The van der Waals surface area contributed by atoms with Gasteiger partial charge in [0, 0.05) is 31.7 Å². The average Bonchev–Trinajstić information content (AvgIpc) is 2.80. The van der Waals surface area contributed by atoms with E-state index in [-0.39, 0.29) is 31.3 Å². The summed E-state index contributed by atoms with van der Waals surface area (Å²) in [4.78, 5) is 15.4. The minimum atomic E-state index is -1.64. The molecule has 0 aliphatic carbocycles. The highest BCUT2D eigenvalue weighted by molar-refractivity contribution is 7.80. The van der Waals surface area contributed by atoms with Crippen LogP contribution in [0.4, 0.5) is 23.2 Å². The third-order valence-corrected chi connectivity index (χ3v) is 5.66. The number of ether oxygens (including phenoxy) is 1. The highest BCUT2D eigenvalue weighted by Crippen LogP contribution is 2.33. The van der Waals surface area contributed by atoms with Gasteiger partial charge in [-0.15, -0.1) is 0 Å². The Hall–Kier alpha value is -2.59. The quantitative estimate of drug-likeness (QED) is 0.276. The Balaban J connectivity index is 1.62. The first-order valence-electron chi connectivity index (χ1n) is 10.2. The van der Waals surface area contributed by atoms with Crippen molar-refractivity contribution in [1.29, 1.82) is 0 Å². The zero-order valence-electron chi connectivity index (χ0n) is 17.9. The molecule has 178 valence electrons. The molecule has 0 saturated carbocycles. The summed E-state index contributed by atoms with van der Waals surface area (Å²) in [6.45, 7) is 4.90. The second-order valence-electron chi connectivity index (χ2n) is 7.88. The summed E-state index contributed by atoms with van der Waals surface area (Å²) in [6.07, 6.45) is 0. The van der Waals surface area contributed by atoms with Crippen molar-refractivity contribution < 1.29 is 27.1 Å². The molecule has 0 spiro atoms. The van der Waals surface area contributed by atoms with Crippen molar-refractivity contribution in [3.63, 3.8) is 0 Å². The normalized spacial score (nSPS) is 13.9. The number of rotatable bonds is 5.